The fraction of sp³-hybridized carbons (Fsp3) is 0.886. The zero-order valence-electron chi connectivity index (χ0n) is 26.9. The van der Waals surface area contributed by atoms with E-state index < -0.39 is 34.1 Å². The van der Waals surface area contributed by atoms with Crippen molar-refractivity contribution in [1.82, 2.24) is 0 Å². The van der Waals surface area contributed by atoms with Crippen molar-refractivity contribution in [2.24, 2.45) is 28.6 Å². The summed E-state index contributed by atoms with van der Waals surface area (Å²) in [6, 6.07) is 0. The Labute approximate surface area is 258 Å². The lowest BCUT2D eigenvalue weighted by molar-refractivity contribution is -0.368. The number of aliphatic hydroxyl groups excluding tert-OH is 1. The number of hydrogen-bond acceptors (Lipinski definition) is 7. The van der Waals surface area contributed by atoms with Crippen molar-refractivity contribution < 1.29 is 40.5 Å². The maximum Gasteiger partial charge on any atom is 0.331 e. The molecule has 0 bridgehead atoms. The molecule has 43 heavy (non-hydrogen) atoms. The summed E-state index contributed by atoms with van der Waals surface area (Å²) >= 11 is 0. The summed E-state index contributed by atoms with van der Waals surface area (Å²) in [6.45, 7) is 5.74. The van der Waals surface area contributed by atoms with Gasteiger partial charge in [0.1, 0.15) is 6.61 Å². The number of carboxylic acid groups (broad SMARTS) is 1. The smallest absolute Gasteiger partial charge is 0.331 e. The Morgan fingerprint density at radius 1 is 0.930 bits per heavy atom. The highest BCUT2D eigenvalue weighted by molar-refractivity contribution is 5.85. The molecule has 5 aliphatic rings. The third kappa shape index (κ3) is 6.45. The van der Waals surface area contributed by atoms with Crippen LogP contribution in [0, 0.1) is 28.6 Å². The Kier molecular flexibility index (Phi) is 11.4. The van der Waals surface area contributed by atoms with Crippen LogP contribution in [0.15, 0.2) is 11.6 Å². The van der Waals surface area contributed by atoms with Crippen LogP contribution in [0.4, 0.5) is 0 Å². The van der Waals surface area contributed by atoms with E-state index in [1.807, 2.05) is 0 Å². The van der Waals surface area contributed by atoms with E-state index in [1.54, 1.807) is 6.08 Å². The van der Waals surface area contributed by atoms with Crippen LogP contribution in [0.2, 0.25) is 0 Å². The quantitative estimate of drug-likeness (QED) is 0.196. The van der Waals surface area contributed by atoms with Crippen molar-refractivity contribution in [3.8, 4) is 0 Å². The molecule has 0 aromatic heterocycles. The Hall–Kier alpha value is -1.48. The molecule has 4 saturated carbocycles. The second kappa shape index (κ2) is 14.3. The number of carbonyl (C=O) groups is 2. The molecule has 0 amide bonds. The number of aliphatic carboxylic acids is 1. The van der Waals surface area contributed by atoms with Gasteiger partial charge in [-0.2, -0.15) is 0 Å². The number of hydrogen-bond donors (Lipinski definition) is 4. The molecule has 1 aliphatic heterocycles. The van der Waals surface area contributed by atoms with Gasteiger partial charge in [0.05, 0.1) is 29.8 Å². The zero-order valence-corrected chi connectivity index (χ0v) is 26.9. The summed E-state index contributed by atoms with van der Waals surface area (Å²) in [5.41, 5.74) is 0.320. The molecule has 6 N–H and O–H groups in total. The van der Waals surface area contributed by atoms with Gasteiger partial charge in [0, 0.05) is 23.3 Å². The van der Waals surface area contributed by atoms with Gasteiger partial charge >= 0.3 is 5.97 Å². The van der Waals surface area contributed by atoms with Gasteiger partial charge in [-0.1, -0.05) is 65.2 Å². The molecule has 8 nitrogen and oxygen atoms in total. The molecule has 8 atom stereocenters. The highest BCUT2D eigenvalue weighted by Gasteiger charge is 2.71. The van der Waals surface area contributed by atoms with Gasteiger partial charge in [-0.3, -0.25) is 0 Å². The van der Waals surface area contributed by atoms with Crippen LogP contribution in [-0.4, -0.2) is 57.7 Å². The average Bonchev–Trinajstić information content (AvgIpc) is 3.51. The normalized spacial score (nSPS) is 40.0. The molecule has 0 aromatic rings. The molecule has 1 heterocycles. The standard InChI is InChI=1S/C23H32O7.C12H27N/c1-20-6-3-16-17(23(20,29)9-5-15(20)13-10-18(25)30-12-13)4-7-21(28)11-14(24)2-8-22(16,21)19(26)27;1-2-3-4-5-6-7-8-9-10-11-12-13/h10,14-17,24,28-29H,2-9,11-12H2,1H3,(H,26,27);2-13H2,1H3/t14?,15-,16?,17?,20+,21?,22+,23?;/m0./s1. The van der Waals surface area contributed by atoms with Crippen LogP contribution >= 0.6 is 0 Å². The van der Waals surface area contributed by atoms with E-state index in [2.05, 4.69) is 19.6 Å². The minimum absolute atomic E-state index is 0.0304. The fourth-order valence-corrected chi connectivity index (χ4v) is 10.1. The predicted octanol–water partition coefficient (Wildman–Crippen LogP) is 3.60. The minimum Gasteiger partial charge on any atom is -0.549 e. The molecule has 5 rings (SSSR count). The van der Waals surface area contributed by atoms with Gasteiger partial charge in [-0.15, -0.1) is 0 Å². The number of cyclic esters (lactones) is 1. The van der Waals surface area contributed by atoms with E-state index in [4.69, 9.17) is 4.74 Å². The number of esters is 1. The lowest BCUT2D eigenvalue weighted by Crippen LogP contribution is -2.72. The monoisotopic (exact) mass is 605 g/mol. The first-order chi connectivity index (χ1) is 20.5. The van der Waals surface area contributed by atoms with E-state index in [-0.39, 0.29) is 49.6 Å². The molecule has 0 aromatic carbocycles. The highest BCUT2D eigenvalue weighted by Crippen LogP contribution is 2.70. The molecule has 0 radical (unpaired) electrons. The van der Waals surface area contributed by atoms with E-state index in [0.717, 1.165) is 18.5 Å². The van der Waals surface area contributed by atoms with Crippen molar-refractivity contribution >= 4 is 11.9 Å². The number of carbonyl (C=O) groups excluding carboxylic acids is 2. The summed E-state index contributed by atoms with van der Waals surface area (Å²) in [4.78, 5) is 24.2. The third-order valence-corrected chi connectivity index (χ3v) is 12.5. The zero-order chi connectivity index (χ0) is 31.3. The summed E-state index contributed by atoms with van der Waals surface area (Å²) < 4.78 is 5.13. The van der Waals surface area contributed by atoms with Crippen LogP contribution in [0.3, 0.4) is 0 Å². The van der Waals surface area contributed by atoms with Crippen molar-refractivity contribution in [3.05, 3.63) is 11.6 Å². The molecule has 4 fully saturated rings. The van der Waals surface area contributed by atoms with Crippen LogP contribution in [0.1, 0.15) is 136 Å². The fourth-order valence-electron chi connectivity index (χ4n) is 10.1. The highest BCUT2D eigenvalue weighted by atomic mass is 16.5. The molecular weight excluding hydrogens is 546 g/mol. The molecule has 5 unspecified atom stereocenters. The summed E-state index contributed by atoms with van der Waals surface area (Å²) in [5.74, 6) is -2.19. The molecular formula is C35H59NO7. The van der Waals surface area contributed by atoms with Gasteiger partial charge in [-0.25, -0.2) is 4.79 Å². The van der Waals surface area contributed by atoms with Gasteiger partial charge in [0.2, 0.25) is 0 Å². The first-order valence-corrected chi connectivity index (χ1v) is 17.5. The Bertz CT molecular complexity index is 991. The number of carboxylic acids is 1. The van der Waals surface area contributed by atoms with Gasteiger partial charge < -0.3 is 35.7 Å². The van der Waals surface area contributed by atoms with Crippen LogP contribution in [-0.2, 0) is 14.3 Å². The second-order valence-corrected chi connectivity index (χ2v) is 14.8. The minimum atomic E-state index is -1.50. The lowest BCUT2D eigenvalue weighted by Gasteiger charge is -2.67. The SMILES string of the molecule is CCCCCCCCCCCC[NH3+].C[C@]12CCC3C(CCC4(O)CC(O)CC[C@]34C(=O)[O-])C1(O)CC[C@H]2C1=CC(=O)OC1. The largest absolute Gasteiger partial charge is 0.549 e. The van der Waals surface area contributed by atoms with Crippen LogP contribution in [0.5, 0.6) is 0 Å². The van der Waals surface area contributed by atoms with E-state index in [0.29, 0.717) is 32.1 Å². The predicted molar refractivity (Wildman–Crippen MR) is 162 cm³/mol. The Morgan fingerprint density at radius 2 is 1.56 bits per heavy atom. The number of quaternary nitrogens is 1. The van der Waals surface area contributed by atoms with E-state index in [9.17, 15) is 30.0 Å². The topological polar surface area (TPSA) is 155 Å². The number of unbranched alkanes of at least 4 members (excludes halogenated alkanes) is 9. The number of fused-ring (bicyclic) bond motifs is 5. The number of aliphatic hydroxyl groups is 3. The van der Waals surface area contributed by atoms with E-state index in [1.165, 1.54) is 64.2 Å². The molecule has 246 valence electrons. The maximum absolute atomic E-state index is 12.6. The summed E-state index contributed by atoms with van der Waals surface area (Å²) in [5, 5.41) is 46.2. The first-order valence-electron chi connectivity index (χ1n) is 17.5. The molecule has 4 aliphatic carbocycles. The molecule has 0 spiro atoms. The van der Waals surface area contributed by atoms with Crippen LogP contribution < -0.4 is 10.8 Å². The maximum atomic E-state index is 12.6. The summed E-state index contributed by atoms with van der Waals surface area (Å²) in [7, 11) is 0. The Balaban J connectivity index is 0.000000277. The van der Waals surface area contributed by atoms with Crippen molar-refractivity contribution in [2.45, 2.75) is 153 Å². The summed E-state index contributed by atoms with van der Waals surface area (Å²) in [6.07, 6.45) is 18.9. The third-order valence-electron chi connectivity index (χ3n) is 12.5. The van der Waals surface area contributed by atoms with Crippen molar-refractivity contribution in [2.75, 3.05) is 13.2 Å². The van der Waals surface area contributed by atoms with Gasteiger partial charge in [-0.05, 0) is 87.5 Å². The van der Waals surface area contributed by atoms with Gasteiger partial charge in [0.25, 0.3) is 0 Å². The van der Waals surface area contributed by atoms with E-state index >= 15 is 0 Å². The van der Waals surface area contributed by atoms with Crippen LogP contribution in [0.25, 0.3) is 0 Å². The molecule has 8 heteroatoms. The first kappa shape index (κ1) is 34.4. The van der Waals surface area contributed by atoms with Crippen molar-refractivity contribution in [3.63, 3.8) is 0 Å². The Morgan fingerprint density at radius 3 is 2.14 bits per heavy atom. The molecule has 0 saturated heterocycles. The van der Waals surface area contributed by atoms with Gasteiger partial charge in [0.15, 0.2) is 0 Å². The average molecular weight is 606 g/mol. The lowest BCUT2D eigenvalue weighted by atomic mass is 9.41. The number of ether oxygens (including phenoxy) is 1. The van der Waals surface area contributed by atoms with Crippen molar-refractivity contribution in [1.29, 1.82) is 0 Å². The number of rotatable bonds is 12. The second-order valence-electron chi connectivity index (χ2n) is 14.8.